The molecule has 1 fully saturated rings. The van der Waals surface area contributed by atoms with Crippen LogP contribution < -0.4 is 15.0 Å². The highest BCUT2D eigenvalue weighted by atomic mass is 32.2. The summed E-state index contributed by atoms with van der Waals surface area (Å²) in [6, 6.07) is 16.2. The summed E-state index contributed by atoms with van der Waals surface area (Å²) in [6.07, 6.45) is 7.38. The van der Waals surface area contributed by atoms with Gasteiger partial charge in [-0.25, -0.2) is 8.42 Å². The molecule has 33 heavy (non-hydrogen) atoms. The number of nitrogens with zero attached hydrogens (tertiary/aromatic N) is 2. The number of ether oxygens (including phenoxy) is 2. The number of fused-ring (bicyclic) bond motifs is 1. The fourth-order valence-electron chi connectivity index (χ4n) is 4.55. The monoisotopic (exact) mass is 466 g/mol. The van der Waals surface area contributed by atoms with Crippen molar-refractivity contribution in [2.45, 2.75) is 60.5 Å². The van der Waals surface area contributed by atoms with Gasteiger partial charge in [0.1, 0.15) is 12.4 Å². The molecule has 0 saturated heterocycles. The molecule has 1 aliphatic carbocycles. The second kappa shape index (κ2) is 9.02. The molecule has 1 saturated carbocycles. The summed E-state index contributed by atoms with van der Waals surface area (Å²) in [5.41, 5.74) is 0.534. The largest absolute Gasteiger partial charge is 0.490 e. The standard InChI is InChI=1S/C25H26N2O5S/c28-24-23(33(29,30)22-9-5-2-6-10-22)16-27-15-21(32-25(27)26-24)17-31-20-13-11-19(12-14-20)18-7-3-1-4-8-18/h2,5-6,9-14,16,18,21H,1,3-4,7-8,15,17H2. The van der Waals surface area contributed by atoms with E-state index in [2.05, 4.69) is 17.1 Å². The lowest BCUT2D eigenvalue weighted by Gasteiger charge is -2.22. The van der Waals surface area contributed by atoms with E-state index in [4.69, 9.17) is 9.47 Å². The lowest BCUT2D eigenvalue weighted by atomic mass is 9.84. The molecule has 8 heteroatoms. The first kappa shape index (κ1) is 21.7. The number of sulfone groups is 1. The number of rotatable bonds is 6. The Morgan fingerprint density at radius 1 is 1.00 bits per heavy atom. The number of hydrogen-bond acceptors (Lipinski definition) is 6. The van der Waals surface area contributed by atoms with E-state index in [0.29, 0.717) is 12.5 Å². The van der Waals surface area contributed by atoms with Crippen LogP contribution >= 0.6 is 0 Å². The summed E-state index contributed by atoms with van der Waals surface area (Å²) in [7, 11) is -3.96. The zero-order chi connectivity index (χ0) is 22.8. The average Bonchev–Trinajstić information content (AvgIpc) is 3.25. The van der Waals surface area contributed by atoms with Crippen molar-refractivity contribution in [3.8, 4) is 11.8 Å². The maximum absolute atomic E-state index is 12.9. The van der Waals surface area contributed by atoms with Crippen molar-refractivity contribution >= 4 is 9.84 Å². The molecule has 5 rings (SSSR count). The zero-order valence-corrected chi connectivity index (χ0v) is 19.0. The fraction of sp³-hybridized carbons (Fsp3) is 0.360. The molecule has 172 valence electrons. The number of aromatic nitrogens is 2. The van der Waals surface area contributed by atoms with Gasteiger partial charge in [0.05, 0.1) is 11.4 Å². The van der Waals surface area contributed by atoms with Crippen LogP contribution in [0.15, 0.2) is 75.4 Å². The summed E-state index contributed by atoms with van der Waals surface area (Å²) in [5, 5.41) is 0. The molecule has 2 aliphatic rings. The summed E-state index contributed by atoms with van der Waals surface area (Å²) >= 11 is 0. The normalized spacial score (nSPS) is 18.5. The quantitative estimate of drug-likeness (QED) is 0.546. The van der Waals surface area contributed by atoms with Gasteiger partial charge in [-0.05, 0) is 48.6 Å². The highest BCUT2D eigenvalue weighted by molar-refractivity contribution is 7.91. The maximum atomic E-state index is 12.9. The van der Waals surface area contributed by atoms with Gasteiger partial charge in [-0.15, -0.1) is 0 Å². The second-order valence-corrected chi connectivity index (χ2v) is 10.5. The predicted molar refractivity (Wildman–Crippen MR) is 123 cm³/mol. The molecule has 0 amide bonds. The van der Waals surface area contributed by atoms with Crippen molar-refractivity contribution in [2.75, 3.05) is 6.61 Å². The Balaban J connectivity index is 1.25. The van der Waals surface area contributed by atoms with Crippen molar-refractivity contribution < 1.29 is 17.9 Å². The van der Waals surface area contributed by atoms with Crippen LogP contribution in [-0.2, 0) is 16.4 Å². The number of hydrogen-bond donors (Lipinski definition) is 0. The Hall–Kier alpha value is -3.13. The minimum absolute atomic E-state index is 0.0555. The van der Waals surface area contributed by atoms with Gasteiger partial charge >= 0.3 is 0 Å². The van der Waals surface area contributed by atoms with Gasteiger partial charge in [0, 0.05) is 6.20 Å². The van der Waals surface area contributed by atoms with E-state index in [1.54, 1.807) is 22.8 Å². The van der Waals surface area contributed by atoms with Crippen LogP contribution in [0.25, 0.3) is 0 Å². The van der Waals surface area contributed by atoms with Crippen molar-refractivity contribution in [3.63, 3.8) is 0 Å². The molecule has 2 heterocycles. The highest BCUT2D eigenvalue weighted by Crippen LogP contribution is 2.33. The van der Waals surface area contributed by atoms with Gasteiger partial charge in [-0.3, -0.25) is 9.36 Å². The molecule has 2 aromatic carbocycles. The molecule has 1 unspecified atom stereocenters. The molecule has 0 N–H and O–H groups in total. The van der Waals surface area contributed by atoms with Gasteiger partial charge in [0.25, 0.3) is 11.6 Å². The van der Waals surface area contributed by atoms with Gasteiger partial charge < -0.3 is 9.47 Å². The van der Waals surface area contributed by atoms with E-state index in [9.17, 15) is 13.2 Å². The lowest BCUT2D eigenvalue weighted by Crippen LogP contribution is -2.23. The van der Waals surface area contributed by atoms with E-state index >= 15 is 0 Å². The van der Waals surface area contributed by atoms with Crippen LogP contribution in [0, 0.1) is 0 Å². The third kappa shape index (κ3) is 4.53. The molecule has 0 radical (unpaired) electrons. The van der Waals surface area contributed by atoms with Crippen LogP contribution in [0.3, 0.4) is 0 Å². The summed E-state index contributed by atoms with van der Waals surface area (Å²) < 4.78 is 38.9. The van der Waals surface area contributed by atoms with Crippen LogP contribution in [0.2, 0.25) is 0 Å². The Kier molecular flexibility index (Phi) is 5.93. The molecule has 7 nitrogen and oxygen atoms in total. The van der Waals surface area contributed by atoms with E-state index in [-0.39, 0.29) is 28.5 Å². The van der Waals surface area contributed by atoms with Crippen LogP contribution in [-0.4, -0.2) is 30.7 Å². The predicted octanol–water partition coefficient (Wildman–Crippen LogP) is 3.96. The van der Waals surface area contributed by atoms with E-state index in [1.807, 2.05) is 12.1 Å². The van der Waals surface area contributed by atoms with Crippen molar-refractivity contribution in [1.82, 2.24) is 9.55 Å². The molecule has 0 bridgehead atoms. The Morgan fingerprint density at radius 3 is 2.45 bits per heavy atom. The molecule has 1 atom stereocenters. The van der Waals surface area contributed by atoms with E-state index in [1.165, 1.54) is 56.0 Å². The van der Waals surface area contributed by atoms with Crippen molar-refractivity contribution in [2.24, 2.45) is 0 Å². The summed E-state index contributed by atoms with van der Waals surface area (Å²) in [5.74, 6) is 1.40. The second-order valence-electron chi connectivity index (χ2n) is 8.62. The van der Waals surface area contributed by atoms with Gasteiger partial charge in [-0.1, -0.05) is 49.6 Å². The van der Waals surface area contributed by atoms with Crippen molar-refractivity contribution in [3.05, 3.63) is 76.7 Å². The van der Waals surface area contributed by atoms with Crippen LogP contribution in [0.1, 0.15) is 43.6 Å². The third-order valence-electron chi connectivity index (χ3n) is 6.33. The topological polar surface area (TPSA) is 87.5 Å². The number of benzene rings is 2. The minimum Gasteiger partial charge on any atom is -0.490 e. The third-order valence-corrected chi connectivity index (χ3v) is 8.09. The lowest BCUT2D eigenvalue weighted by molar-refractivity contribution is 0.143. The SMILES string of the molecule is O=c1nc2n(cc1S(=O)(=O)c1ccccc1)CC(COc1ccc(C3CCCCC3)cc1)O2. The first-order valence-corrected chi connectivity index (χ1v) is 12.8. The average molecular weight is 467 g/mol. The van der Waals surface area contributed by atoms with Gasteiger partial charge in [-0.2, -0.15) is 4.98 Å². The fourth-order valence-corrected chi connectivity index (χ4v) is 5.86. The minimum atomic E-state index is -3.96. The van der Waals surface area contributed by atoms with Gasteiger partial charge in [0.2, 0.25) is 9.84 Å². The van der Waals surface area contributed by atoms with Crippen molar-refractivity contribution in [1.29, 1.82) is 0 Å². The van der Waals surface area contributed by atoms with Gasteiger partial charge in [0.15, 0.2) is 11.0 Å². The van der Waals surface area contributed by atoms with Crippen LogP contribution in [0.4, 0.5) is 0 Å². The highest BCUT2D eigenvalue weighted by Gasteiger charge is 2.29. The molecular formula is C25H26N2O5S. The molecule has 1 aromatic heterocycles. The van der Waals surface area contributed by atoms with E-state index < -0.39 is 15.4 Å². The molecular weight excluding hydrogens is 440 g/mol. The Morgan fingerprint density at radius 2 is 1.73 bits per heavy atom. The molecule has 3 aromatic rings. The zero-order valence-electron chi connectivity index (χ0n) is 18.2. The Labute approximate surface area is 192 Å². The van der Waals surface area contributed by atoms with E-state index in [0.717, 1.165) is 5.75 Å². The first-order chi connectivity index (χ1) is 16.0. The molecule has 0 spiro atoms. The first-order valence-electron chi connectivity index (χ1n) is 11.3. The summed E-state index contributed by atoms with van der Waals surface area (Å²) in [6.45, 7) is 0.612. The Bertz CT molecular complexity index is 1280. The molecule has 1 aliphatic heterocycles. The maximum Gasteiger partial charge on any atom is 0.300 e. The van der Waals surface area contributed by atoms with Crippen LogP contribution in [0.5, 0.6) is 11.8 Å². The summed E-state index contributed by atoms with van der Waals surface area (Å²) in [4.78, 5) is 16.0. The smallest absolute Gasteiger partial charge is 0.300 e.